The Bertz CT molecular complexity index is 774. The van der Waals surface area contributed by atoms with E-state index in [9.17, 15) is 0 Å². The van der Waals surface area contributed by atoms with Gasteiger partial charge in [-0.25, -0.2) is 4.98 Å². The molecule has 0 bridgehead atoms. The smallest absolute Gasteiger partial charge is 0.145 e. The van der Waals surface area contributed by atoms with Crippen molar-refractivity contribution in [2.75, 3.05) is 0 Å². The van der Waals surface area contributed by atoms with Crippen molar-refractivity contribution in [1.82, 2.24) is 9.38 Å². The molecule has 122 valence electrons. The molecule has 4 rings (SSSR count). The van der Waals surface area contributed by atoms with E-state index in [1.54, 1.807) is 0 Å². The quantitative estimate of drug-likeness (QED) is 0.330. The lowest BCUT2D eigenvalue weighted by Crippen LogP contribution is -1.89. The zero-order valence-corrected chi connectivity index (χ0v) is 15.2. The summed E-state index contributed by atoms with van der Waals surface area (Å²) in [6.45, 7) is 12.0. The van der Waals surface area contributed by atoms with E-state index in [2.05, 4.69) is 57.9 Å². The molecule has 0 aliphatic heterocycles. The fraction of sp³-hybridized carbons (Fsp3) is 0.286. The lowest BCUT2D eigenvalue weighted by atomic mass is 10.1. The average molecular weight is 308 g/mol. The van der Waals surface area contributed by atoms with Crippen molar-refractivity contribution >= 4 is 27.3 Å². The molecular weight excluding hydrogens is 280 g/mol. The summed E-state index contributed by atoms with van der Waals surface area (Å²) in [4.78, 5) is 4.46. The van der Waals surface area contributed by atoms with Gasteiger partial charge in [0.15, 0.2) is 0 Å². The number of para-hydroxylation sites is 1. The summed E-state index contributed by atoms with van der Waals surface area (Å²) in [7, 11) is 0. The molecule has 4 aromatic rings. The minimum Gasteiger partial charge on any atom is -0.299 e. The molecule has 2 aromatic carbocycles. The van der Waals surface area contributed by atoms with E-state index in [0.717, 1.165) is 5.65 Å². The number of imidazole rings is 1. The number of rotatable bonds is 0. The van der Waals surface area contributed by atoms with Crippen LogP contribution >= 0.6 is 0 Å². The SMILES string of the molecule is CC.CC.CC.c1ccc2c(c1)c1ccccc1n1ccnc21. The van der Waals surface area contributed by atoms with Crippen molar-refractivity contribution in [1.29, 1.82) is 0 Å². The highest BCUT2D eigenvalue weighted by atomic mass is 15.0. The molecule has 0 unspecified atom stereocenters. The number of aromatic nitrogens is 2. The van der Waals surface area contributed by atoms with Gasteiger partial charge in [-0.15, -0.1) is 0 Å². The van der Waals surface area contributed by atoms with Gasteiger partial charge in [-0.3, -0.25) is 4.40 Å². The van der Waals surface area contributed by atoms with Crippen LogP contribution < -0.4 is 0 Å². The standard InChI is InChI=1S/C15H10N2.3C2H6/c1-2-7-13-11(5-1)12-6-3-4-8-14(12)17-10-9-16-15(13)17;3*1-2/h1-10H;3*1-2H3. The Balaban J connectivity index is 0.000000400. The third-order valence-electron chi connectivity index (χ3n) is 3.26. The minimum absolute atomic E-state index is 1.03. The van der Waals surface area contributed by atoms with Crippen molar-refractivity contribution in [2.24, 2.45) is 0 Å². The first-order valence-corrected chi connectivity index (χ1v) is 8.68. The van der Waals surface area contributed by atoms with E-state index in [0.29, 0.717) is 0 Å². The Morgan fingerprint density at radius 2 is 1.17 bits per heavy atom. The highest BCUT2D eigenvalue weighted by molar-refractivity contribution is 6.11. The van der Waals surface area contributed by atoms with Crippen LogP contribution in [-0.2, 0) is 0 Å². The average Bonchev–Trinajstić information content (AvgIpc) is 3.17. The molecule has 2 nitrogen and oxygen atoms in total. The molecule has 0 atom stereocenters. The second-order valence-corrected chi connectivity index (χ2v) is 4.18. The third kappa shape index (κ3) is 3.53. The predicted octanol–water partition coefficient (Wildman–Crippen LogP) is 6.72. The Hall–Kier alpha value is -2.35. The van der Waals surface area contributed by atoms with Gasteiger partial charge < -0.3 is 0 Å². The van der Waals surface area contributed by atoms with Crippen LogP contribution in [0.2, 0.25) is 0 Å². The van der Waals surface area contributed by atoms with Crippen LogP contribution in [0.15, 0.2) is 60.9 Å². The molecular formula is C21H28N2. The number of hydrogen-bond donors (Lipinski definition) is 0. The molecule has 0 aliphatic carbocycles. The molecule has 0 N–H and O–H groups in total. The number of nitrogens with zero attached hydrogens (tertiary/aromatic N) is 2. The van der Waals surface area contributed by atoms with Crippen molar-refractivity contribution in [2.45, 2.75) is 41.5 Å². The minimum atomic E-state index is 1.03. The molecule has 0 aliphatic rings. The maximum atomic E-state index is 4.46. The molecule has 2 aromatic heterocycles. The van der Waals surface area contributed by atoms with Gasteiger partial charge in [0, 0.05) is 23.2 Å². The van der Waals surface area contributed by atoms with E-state index < -0.39 is 0 Å². The molecule has 23 heavy (non-hydrogen) atoms. The van der Waals surface area contributed by atoms with Gasteiger partial charge in [-0.1, -0.05) is 84.0 Å². The summed E-state index contributed by atoms with van der Waals surface area (Å²) in [6, 6.07) is 16.9. The molecule has 2 heteroatoms. The largest absolute Gasteiger partial charge is 0.299 e. The summed E-state index contributed by atoms with van der Waals surface area (Å²) < 4.78 is 2.15. The zero-order valence-electron chi connectivity index (χ0n) is 15.2. The molecule has 0 saturated heterocycles. The van der Waals surface area contributed by atoms with Crippen LogP contribution in [0.4, 0.5) is 0 Å². The van der Waals surface area contributed by atoms with Crippen molar-refractivity contribution in [3.63, 3.8) is 0 Å². The molecule has 0 radical (unpaired) electrons. The van der Waals surface area contributed by atoms with Gasteiger partial charge in [-0.2, -0.15) is 0 Å². The molecule has 0 amide bonds. The maximum Gasteiger partial charge on any atom is 0.145 e. The summed E-state index contributed by atoms with van der Waals surface area (Å²) in [5, 5.41) is 3.74. The normalized spacial score (nSPS) is 9.30. The monoisotopic (exact) mass is 308 g/mol. The first-order valence-electron chi connectivity index (χ1n) is 8.68. The van der Waals surface area contributed by atoms with Gasteiger partial charge in [0.25, 0.3) is 0 Å². The summed E-state index contributed by atoms with van der Waals surface area (Å²) >= 11 is 0. The number of hydrogen-bond acceptors (Lipinski definition) is 1. The lowest BCUT2D eigenvalue weighted by Gasteiger charge is -2.07. The molecule has 0 fully saturated rings. The number of benzene rings is 2. The van der Waals surface area contributed by atoms with Crippen LogP contribution in [0.5, 0.6) is 0 Å². The van der Waals surface area contributed by atoms with Crippen LogP contribution in [-0.4, -0.2) is 9.38 Å². The van der Waals surface area contributed by atoms with Crippen LogP contribution in [0.25, 0.3) is 27.3 Å². The van der Waals surface area contributed by atoms with Gasteiger partial charge >= 0.3 is 0 Å². The topological polar surface area (TPSA) is 17.3 Å². The van der Waals surface area contributed by atoms with Crippen LogP contribution in [0, 0.1) is 0 Å². The van der Waals surface area contributed by atoms with Crippen molar-refractivity contribution in [3.05, 3.63) is 60.9 Å². The van der Waals surface area contributed by atoms with E-state index in [4.69, 9.17) is 0 Å². The van der Waals surface area contributed by atoms with Crippen molar-refractivity contribution in [3.8, 4) is 0 Å². The van der Waals surface area contributed by atoms with Gasteiger partial charge in [-0.05, 0) is 11.5 Å². The zero-order chi connectivity index (χ0) is 17.2. The van der Waals surface area contributed by atoms with Crippen molar-refractivity contribution < 1.29 is 0 Å². The lowest BCUT2D eigenvalue weighted by molar-refractivity contribution is 1.27. The summed E-state index contributed by atoms with van der Waals surface area (Å²) in [5.41, 5.74) is 2.23. The van der Waals surface area contributed by atoms with Gasteiger partial charge in [0.2, 0.25) is 0 Å². The molecule has 0 saturated carbocycles. The third-order valence-corrected chi connectivity index (χ3v) is 3.26. The fourth-order valence-electron chi connectivity index (χ4n) is 2.52. The summed E-state index contributed by atoms with van der Waals surface area (Å²) in [6.07, 6.45) is 3.87. The highest BCUT2D eigenvalue weighted by Gasteiger charge is 2.07. The van der Waals surface area contributed by atoms with Crippen LogP contribution in [0.3, 0.4) is 0 Å². The van der Waals surface area contributed by atoms with E-state index in [-0.39, 0.29) is 0 Å². The van der Waals surface area contributed by atoms with E-state index in [1.807, 2.05) is 53.9 Å². The fourth-order valence-corrected chi connectivity index (χ4v) is 2.52. The summed E-state index contributed by atoms with van der Waals surface area (Å²) in [5.74, 6) is 0. The van der Waals surface area contributed by atoms with E-state index >= 15 is 0 Å². The first kappa shape index (κ1) is 18.7. The Kier molecular flexibility index (Phi) is 7.82. The number of fused-ring (bicyclic) bond motifs is 6. The maximum absolute atomic E-state index is 4.46. The number of pyridine rings is 1. The first-order chi connectivity index (χ1) is 11.4. The highest BCUT2D eigenvalue weighted by Crippen LogP contribution is 2.28. The predicted molar refractivity (Wildman–Crippen MR) is 104 cm³/mol. The second kappa shape index (κ2) is 9.62. The Labute approximate surface area is 139 Å². The van der Waals surface area contributed by atoms with Gasteiger partial charge in [0.05, 0.1) is 5.52 Å². The van der Waals surface area contributed by atoms with Crippen LogP contribution in [0.1, 0.15) is 41.5 Å². The molecule has 0 spiro atoms. The molecule has 2 heterocycles. The second-order valence-electron chi connectivity index (χ2n) is 4.18. The van der Waals surface area contributed by atoms with Gasteiger partial charge in [0.1, 0.15) is 5.65 Å². The Morgan fingerprint density at radius 1 is 0.652 bits per heavy atom. The Morgan fingerprint density at radius 3 is 1.83 bits per heavy atom. The van der Waals surface area contributed by atoms with E-state index in [1.165, 1.54) is 21.7 Å².